The highest BCUT2D eigenvalue weighted by atomic mass is 16.2. The standard InChI is InChI=1S/C26H35N5O/c1-6-8-13-25(32)31(24(7-2)19(3)4)18-20-14-16-21(17-15-20)22-11-9-10-12-23(22)26-27-28-29-30(26)5/h9-12,14-17,19,24H,6-8,13,18H2,1-5H3. The molecule has 1 unspecified atom stereocenters. The molecule has 1 amide bonds. The number of unbranched alkanes of at least 4 members (excludes halogenated alkanes) is 1. The molecule has 0 aliphatic heterocycles. The van der Waals surface area contributed by atoms with Gasteiger partial charge in [-0.3, -0.25) is 4.79 Å². The highest BCUT2D eigenvalue weighted by Gasteiger charge is 2.24. The second kappa shape index (κ2) is 11.0. The molecule has 6 nitrogen and oxygen atoms in total. The van der Waals surface area contributed by atoms with Crippen LogP contribution in [0.4, 0.5) is 0 Å². The summed E-state index contributed by atoms with van der Waals surface area (Å²) in [5.41, 5.74) is 4.33. The van der Waals surface area contributed by atoms with Crippen LogP contribution >= 0.6 is 0 Å². The van der Waals surface area contributed by atoms with Crippen molar-refractivity contribution in [3.8, 4) is 22.5 Å². The van der Waals surface area contributed by atoms with Crippen LogP contribution in [0, 0.1) is 5.92 Å². The molecule has 6 heteroatoms. The number of tetrazole rings is 1. The van der Waals surface area contributed by atoms with Crippen molar-refractivity contribution >= 4 is 5.91 Å². The third-order valence-corrected chi connectivity index (χ3v) is 6.06. The van der Waals surface area contributed by atoms with Gasteiger partial charge in [-0.2, -0.15) is 0 Å². The molecule has 3 aromatic rings. The number of rotatable bonds is 10. The Kier molecular flexibility index (Phi) is 8.14. The van der Waals surface area contributed by atoms with Gasteiger partial charge in [-0.15, -0.1) is 5.10 Å². The first-order valence-corrected chi connectivity index (χ1v) is 11.7. The fourth-order valence-electron chi connectivity index (χ4n) is 4.29. The van der Waals surface area contributed by atoms with Crippen molar-refractivity contribution in [2.75, 3.05) is 0 Å². The van der Waals surface area contributed by atoms with E-state index in [-0.39, 0.29) is 11.9 Å². The van der Waals surface area contributed by atoms with Crippen molar-refractivity contribution in [3.05, 3.63) is 54.1 Å². The van der Waals surface area contributed by atoms with Crippen LogP contribution < -0.4 is 0 Å². The fraction of sp³-hybridized carbons (Fsp3) is 0.462. The highest BCUT2D eigenvalue weighted by molar-refractivity contribution is 5.80. The number of benzene rings is 2. The number of aryl methyl sites for hydroxylation is 1. The van der Waals surface area contributed by atoms with Gasteiger partial charge in [0.05, 0.1) is 0 Å². The molecule has 0 bridgehead atoms. The van der Waals surface area contributed by atoms with Crippen molar-refractivity contribution in [1.29, 1.82) is 0 Å². The number of carbonyl (C=O) groups is 1. The van der Waals surface area contributed by atoms with E-state index in [9.17, 15) is 4.79 Å². The molecule has 0 saturated carbocycles. The van der Waals surface area contributed by atoms with Gasteiger partial charge in [0, 0.05) is 31.6 Å². The topological polar surface area (TPSA) is 63.9 Å². The number of hydrogen-bond acceptors (Lipinski definition) is 4. The van der Waals surface area contributed by atoms with E-state index < -0.39 is 0 Å². The third kappa shape index (κ3) is 5.42. The van der Waals surface area contributed by atoms with Gasteiger partial charge in [-0.05, 0) is 45.9 Å². The number of hydrogen-bond donors (Lipinski definition) is 0. The maximum atomic E-state index is 13.0. The first kappa shape index (κ1) is 23.6. The molecule has 3 rings (SSSR count). The lowest BCUT2D eigenvalue weighted by Gasteiger charge is -2.34. The number of aromatic nitrogens is 4. The van der Waals surface area contributed by atoms with E-state index >= 15 is 0 Å². The molecule has 2 aromatic carbocycles. The molecule has 0 saturated heterocycles. The van der Waals surface area contributed by atoms with Crippen molar-refractivity contribution in [2.24, 2.45) is 13.0 Å². The third-order valence-electron chi connectivity index (χ3n) is 6.06. The first-order valence-electron chi connectivity index (χ1n) is 11.7. The average molecular weight is 434 g/mol. The van der Waals surface area contributed by atoms with Crippen LogP contribution in [0.15, 0.2) is 48.5 Å². The van der Waals surface area contributed by atoms with E-state index in [1.807, 2.05) is 25.2 Å². The van der Waals surface area contributed by atoms with Gasteiger partial charge < -0.3 is 4.90 Å². The molecule has 170 valence electrons. The van der Waals surface area contributed by atoms with Gasteiger partial charge in [0.2, 0.25) is 5.91 Å². The molecular weight excluding hydrogens is 398 g/mol. The maximum absolute atomic E-state index is 13.0. The quantitative estimate of drug-likeness (QED) is 0.424. The second-order valence-corrected chi connectivity index (χ2v) is 8.71. The summed E-state index contributed by atoms with van der Waals surface area (Å²) in [6, 6.07) is 16.9. The minimum atomic E-state index is 0.253. The molecule has 1 heterocycles. The summed E-state index contributed by atoms with van der Waals surface area (Å²) in [6.07, 6.45) is 3.56. The number of amides is 1. The largest absolute Gasteiger partial charge is 0.335 e. The summed E-state index contributed by atoms with van der Waals surface area (Å²) in [5, 5.41) is 11.9. The molecule has 0 fully saturated rings. The molecule has 0 aliphatic rings. The Hall–Kier alpha value is -3.02. The average Bonchev–Trinajstić information content (AvgIpc) is 3.23. The van der Waals surface area contributed by atoms with Gasteiger partial charge in [0.1, 0.15) is 0 Å². The molecule has 1 atom stereocenters. The predicted molar refractivity (Wildman–Crippen MR) is 129 cm³/mol. The van der Waals surface area contributed by atoms with Crippen molar-refractivity contribution < 1.29 is 4.79 Å². The monoisotopic (exact) mass is 433 g/mol. The second-order valence-electron chi connectivity index (χ2n) is 8.71. The van der Waals surface area contributed by atoms with Gasteiger partial charge in [-0.1, -0.05) is 82.6 Å². The summed E-state index contributed by atoms with van der Waals surface area (Å²) in [7, 11) is 1.85. The van der Waals surface area contributed by atoms with Crippen LogP contribution in [-0.4, -0.2) is 37.1 Å². The molecule has 1 aromatic heterocycles. The van der Waals surface area contributed by atoms with Crippen LogP contribution in [0.25, 0.3) is 22.5 Å². The summed E-state index contributed by atoms with van der Waals surface area (Å²) in [4.78, 5) is 15.1. The van der Waals surface area contributed by atoms with Crippen molar-refractivity contribution in [2.45, 2.75) is 66.0 Å². The number of nitrogens with zero attached hydrogens (tertiary/aromatic N) is 5. The zero-order chi connectivity index (χ0) is 23.1. The summed E-state index contributed by atoms with van der Waals surface area (Å²) >= 11 is 0. The molecule has 0 radical (unpaired) electrons. The van der Waals surface area contributed by atoms with E-state index in [4.69, 9.17) is 0 Å². The molecule has 0 N–H and O–H groups in total. The van der Waals surface area contributed by atoms with Gasteiger partial charge in [-0.25, -0.2) is 4.68 Å². The van der Waals surface area contributed by atoms with Gasteiger partial charge in [0.25, 0.3) is 0 Å². The van der Waals surface area contributed by atoms with E-state index in [0.717, 1.165) is 47.3 Å². The SMILES string of the molecule is CCCCC(=O)N(Cc1ccc(-c2ccccc2-c2nnnn2C)cc1)C(CC)C(C)C. The lowest BCUT2D eigenvalue weighted by molar-refractivity contribution is -0.135. The fourth-order valence-corrected chi connectivity index (χ4v) is 4.29. The number of carbonyl (C=O) groups excluding carboxylic acids is 1. The van der Waals surface area contributed by atoms with Crippen LogP contribution in [0.3, 0.4) is 0 Å². The van der Waals surface area contributed by atoms with E-state index in [0.29, 0.717) is 18.9 Å². The smallest absolute Gasteiger partial charge is 0.223 e. The Morgan fingerprint density at radius 3 is 2.28 bits per heavy atom. The zero-order valence-electron chi connectivity index (χ0n) is 20.0. The Morgan fingerprint density at radius 1 is 1.03 bits per heavy atom. The van der Waals surface area contributed by atoms with Crippen LogP contribution in [0.5, 0.6) is 0 Å². The van der Waals surface area contributed by atoms with Crippen LogP contribution in [0.1, 0.15) is 58.9 Å². The molecule has 0 spiro atoms. The normalized spacial score (nSPS) is 12.2. The summed E-state index contributed by atoms with van der Waals surface area (Å²) < 4.78 is 1.68. The maximum Gasteiger partial charge on any atom is 0.223 e. The van der Waals surface area contributed by atoms with E-state index in [2.05, 4.69) is 78.5 Å². The van der Waals surface area contributed by atoms with Crippen LogP contribution in [-0.2, 0) is 18.4 Å². The Labute approximate surface area is 191 Å². The Balaban J connectivity index is 1.86. The molecule has 0 aliphatic carbocycles. The minimum Gasteiger partial charge on any atom is -0.335 e. The Morgan fingerprint density at radius 2 is 1.72 bits per heavy atom. The molecule has 32 heavy (non-hydrogen) atoms. The van der Waals surface area contributed by atoms with Crippen LogP contribution in [0.2, 0.25) is 0 Å². The predicted octanol–water partition coefficient (Wildman–Crippen LogP) is 5.50. The first-order chi connectivity index (χ1) is 15.5. The zero-order valence-corrected chi connectivity index (χ0v) is 20.0. The highest BCUT2D eigenvalue weighted by Crippen LogP contribution is 2.31. The van der Waals surface area contributed by atoms with Crippen molar-refractivity contribution in [1.82, 2.24) is 25.1 Å². The lowest BCUT2D eigenvalue weighted by Crippen LogP contribution is -2.42. The summed E-state index contributed by atoms with van der Waals surface area (Å²) in [6.45, 7) is 9.36. The molecular formula is C26H35N5O. The van der Waals surface area contributed by atoms with Gasteiger partial charge in [0.15, 0.2) is 5.82 Å². The van der Waals surface area contributed by atoms with E-state index in [1.165, 1.54) is 0 Å². The van der Waals surface area contributed by atoms with Gasteiger partial charge >= 0.3 is 0 Å². The van der Waals surface area contributed by atoms with Crippen molar-refractivity contribution in [3.63, 3.8) is 0 Å². The Bertz CT molecular complexity index is 1010. The minimum absolute atomic E-state index is 0.253. The summed E-state index contributed by atoms with van der Waals surface area (Å²) in [5.74, 6) is 1.42. The lowest BCUT2D eigenvalue weighted by atomic mass is 9.96. The van der Waals surface area contributed by atoms with E-state index in [1.54, 1.807) is 4.68 Å².